The molecule has 2 aromatic carbocycles. The highest BCUT2D eigenvalue weighted by molar-refractivity contribution is 9.10. The Morgan fingerprint density at radius 3 is 2.67 bits per heavy atom. The maximum atomic E-state index is 12.2. The van der Waals surface area contributed by atoms with Crippen molar-refractivity contribution in [3.63, 3.8) is 0 Å². The van der Waals surface area contributed by atoms with Crippen LogP contribution in [0.2, 0.25) is 0 Å². The van der Waals surface area contributed by atoms with Crippen LogP contribution in [0, 0.1) is 0 Å². The molecular formula is C21H24BrNO4. The van der Waals surface area contributed by atoms with E-state index >= 15 is 0 Å². The van der Waals surface area contributed by atoms with Crippen molar-refractivity contribution in [2.24, 2.45) is 0 Å². The molecule has 6 heteroatoms. The molecule has 1 N–H and O–H groups in total. The van der Waals surface area contributed by atoms with Gasteiger partial charge in [0.15, 0.2) is 0 Å². The molecule has 0 unspecified atom stereocenters. The summed E-state index contributed by atoms with van der Waals surface area (Å²) in [6.07, 6.45) is -0.577. The highest BCUT2D eigenvalue weighted by Gasteiger charge is 2.43. The van der Waals surface area contributed by atoms with Crippen molar-refractivity contribution >= 4 is 22.0 Å². The topological polar surface area (TPSA) is 59.0 Å². The third-order valence-corrected chi connectivity index (χ3v) is 5.59. The van der Waals surface area contributed by atoms with E-state index in [0.717, 1.165) is 15.6 Å². The molecule has 0 bridgehead atoms. The van der Waals surface area contributed by atoms with Crippen molar-refractivity contribution in [1.82, 2.24) is 4.90 Å². The van der Waals surface area contributed by atoms with Crippen LogP contribution in [0.15, 0.2) is 59.1 Å². The summed E-state index contributed by atoms with van der Waals surface area (Å²) in [6, 6.07) is 17.3. The van der Waals surface area contributed by atoms with Crippen molar-refractivity contribution in [3.05, 3.63) is 70.2 Å². The maximum absolute atomic E-state index is 12.2. The molecule has 2 aromatic rings. The van der Waals surface area contributed by atoms with E-state index in [-0.39, 0.29) is 12.6 Å². The third-order valence-electron chi connectivity index (χ3n) is 4.82. The molecule has 144 valence electrons. The standard InChI is InChI=1S/C21H24BrNO4/c1-2-26-20(24)23-12-13-27-19(15-23)21(25,17-9-4-3-5-10-17)14-16-8-6-7-11-18(16)22/h3-11,19,25H,2,12-15H2,1H3/t19-,21+/m0/s1. The predicted molar refractivity (Wildman–Crippen MR) is 107 cm³/mol. The quantitative estimate of drug-likeness (QED) is 0.779. The monoisotopic (exact) mass is 433 g/mol. The summed E-state index contributed by atoms with van der Waals surface area (Å²) >= 11 is 3.56. The van der Waals surface area contributed by atoms with Crippen LogP contribution in [0.3, 0.4) is 0 Å². The Labute approximate surface area is 168 Å². The molecule has 1 aliphatic heterocycles. The highest BCUT2D eigenvalue weighted by Crippen LogP contribution is 2.35. The van der Waals surface area contributed by atoms with Crippen LogP contribution in [-0.4, -0.2) is 48.5 Å². The maximum Gasteiger partial charge on any atom is 0.409 e. The minimum Gasteiger partial charge on any atom is -0.450 e. The fourth-order valence-electron chi connectivity index (χ4n) is 3.38. The molecule has 2 atom stereocenters. The Morgan fingerprint density at radius 2 is 1.96 bits per heavy atom. The van der Waals surface area contributed by atoms with Gasteiger partial charge in [-0.2, -0.15) is 0 Å². The fraction of sp³-hybridized carbons (Fsp3) is 0.381. The molecule has 1 fully saturated rings. The first-order valence-corrected chi connectivity index (χ1v) is 9.88. The van der Waals surface area contributed by atoms with E-state index in [1.807, 2.05) is 54.6 Å². The zero-order valence-corrected chi connectivity index (χ0v) is 16.9. The second kappa shape index (κ2) is 8.87. The van der Waals surface area contributed by atoms with E-state index in [9.17, 15) is 9.90 Å². The molecular weight excluding hydrogens is 410 g/mol. The van der Waals surface area contributed by atoms with Crippen LogP contribution in [0.25, 0.3) is 0 Å². The number of morpholine rings is 1. The van der Waals surface area contributed by atoms with Crippen LogP contribution in [0.5, 0.6) is 0 Å². The average molecular weight is 434 g/mol. The largest absolute Gasteiger partial charge is 0.450 e. The molecule has 0 aliphatic carbocycles. The lowest BCUT2D eigenvalue weighted by atomic mass is 9.81. The molecule has 27 heavy (non-hydrogen) atoms. The zero-order chi connectivity index (χ0) is 19.3. The van der Waals surface area contributed by atoms with Gasteiger partial charge in [-0.15, -0.1) is 0 Å². The van der Waals surface area contributed by atoms with E-state index < -0.39 is 11.7 Å². The molecule has 0 spiro atoms. The molecule has 1 amide bonds. The van der Waals surface area contributed by atoms with Crippen LogP contribution in [0.4, 0.5) is 4.79 Å². The van der Waals surface area contributed by atoms with Gasteiger partial charge in [0.25, 0.3) is 0 Å². The summed E-state index contributed by atoms with van der Waals surface area (Å²) in [5.41, 5.74) is 0.452. The normalized spacial score (nSPS) is 19.4. The molecule has 1 saturated heterocycles. The molecule has 1 aliphatic rings. The molecule has 0 saturated carbocycles. The molecule has 0 radical (unpaired) electrons. The third kappa shape index (κ3) is 4.51. The van der Waals surface area contributed by atoms with Gasteiger partial charge in [0, 0.05) is 17.4 Å². The lowest BCUT2D eigenvalue weighted by molar-refractivity contribution is -0.144. The first-order chi connectivity index (χ1) is 13.0. The van der Waals surface area contributed by atoms with Crippen LogP contribution in [0.1, 0.15) is 18.1 Å². The van der Waals surface area contributed by atoms with Gasteiger partial charge >= 0.3 is 6.09 Å². The van der Waals surface area contributed by atoms with Crippen LogP contribution < -0.4 is 0 Å². The smallest absolute Gasteiger partial charge is 0.409 e. The Kier molecular flexibility index (Phi) is 6.52. The van der Waals surface area contributed by atoms with Gasteiger partial charge in [-0.05, 0) is 24.1 Å². The van der Waals surface area contributed by atoms with Crippen molar-refractivity contribution in [2.45, 2.75) is 25.0 Å². The number of benzene rings is 2. The first-order valence-electron chi connectivity index (χ1n) is 9.09. The fourth-order valence-corrected chi connectivity index (χ4v) is 3.80. The number of carbonyl (C=O) groups excluding carboxylic acids is 1. The number of carbonyl (C=O) groups is 1. The number of halogens is 1. The summed E-state index contributed by atoms with van der Waals surface area (Å²) in [7, 11) is 0. The molecule has 5 nitrogen and oxygen atoms in total. The van der Waals surface area contributed by atoms with Crippen molar-refractivity contribution < 1.29 is 19.4 Å². The van der Waals surface area contributed by atoms with Crippen molar-refractivity contribution in [2.75, 3.05) is 26.3 Å². The van der Waals surface area contributed by atoms with Gasteiger partial charge in [0.1, 0.15) is 11.7 Å². The van der Waals surface area contributed by atoms with Crippen LogP contribution in [-0.2, 0) is 21.5 Å². The summed E-state index contributed by atoms with van der Waals surface area (Å²) < 4.78 is 12.0. The van der Waals surface area contributed by atoms with E-state index in [2.05, 4.69) is 15.9 Å². The Morgan fingerprint density at radius 1 is 1.26 bits per heavy atom. The van der Waals surface area contributed by atoms with Gasteiger partial charge in [-0.3, -0.25) is 0 Å². The van der Waals surface area contributed by atoms with E-state index in [0.29, 0.717) is 26.2 Å². The number of nitrogens with zero attached hydrogens (tertiary/aromatic N) is 1. The summed E-state index contributed by atoms with van der Waals surface area (Å²) in [4.78, 5) is 13.8. The minimum absolute atomic E-state index is 0.273. The van der Waals surface area contributed by atoms with Crippen LogP contribution >= 0.6 is 15.9 Å². The van der Waals surface area contributed by atoms with E-state index in [1.165, 1.54) is 0 Å². The summed E-state index contributed by atoms with van der Waals surface area (Å²) in [6.45, 7) is 3.18. The Balaban J connectivity index is 1.92. The number of ether oxygens (including phenoxy) is 2. The first kappa shape index (κ1) is 19.9. The molecule has 3 rings (SSSR count). The van der Waals surface area contributed by atoms with Gasteiger partial charge in [0.2, 0.25) is 0 Å². The van der Waals surface area contributed by atoms with E-state index in [1.54, 1.807) is 11.8 Å². The van der Waals surface area contributed by atoms with Gasteiger partial charge < -0.3 is 19.5 Å². The lowest BCUT2D eigenvalue weighted by Crippen LogP contribution is -2.55. The summed E-state index contributed by atoms with van der Waals surface area (Å²) in [5.74, 6) is 0. The van der Waals surface area contributed by atoms with Crippen molar-refractivity contribution in [3.8, 4) is 0 Å². The number of hydrogen-bond acceptors (Lipinski definition) is 4. The lowest BCUT2D eigenvalue weighted by Gasteiger charge is -2.42. The van der Waals surface area contributed by atoms with E-state index in [4.69, 9.17) is 9.47 Å². The SMILES string of the molecule is CCOC(=O)N1CCO[C@H]([C@@](O)(Cc2ccccc2Br)c2ccccc2)C1. The average Bonchev–Trinajstić information content (AvgIpc) is 2.70. The minimum atomic E-state index is -1.28. The number of amides is 1. The second-order valence-electron chi connectivity index (χ2n) is 6.56. The zero-order valence-electron chi connectivity index (χ0n) is 15.3. The Bertz CT molecular complexity index is 770. The molecule has 0 aromatic heterocycles. The Hall–Kier alpha value is -1.89. The van der Waals surface area contributed by atoms with Crippen molar-refractivity contribution in [1.29, 1.82) is 0 Å². The molecule has 1 heterocycles. The predicted octanol–water partition coefficient (Wildman–Crippen LogP) is 3.74. The summed E-state index contributed by atoms with van der Waals surface area (Å²) in [5, 5.41) is 11.8. The van der Waals surface area contributed by atoms with Gasteiger partial charge in [0.05, 0.1) is 19.8 Å². The second-order valence-corrected chi connectivity index (χ2v) is 7.42. The highest BCUT2D eigenvalue weighted by atomic mass is 79.9. The number of hydrogen-bond donors (Lipinski definition) is 1. The number of rotatable bonds is 5. The van der Waals surface area contributed by atoms with Gasteiger partial charge in [-0.25, -0.2) is 4.79 Å². The van der Waals surface area contributed by atoms with Gasteiger partial charge in [-0.1, -0.05) is 64.5 Å². The number of aliphatic hydroxyl groups is 1.